The summed E-state index contributed by atoms with van der Waals surface area (Å²) in [5, 5.41) is 0. The standard InChI is InChI=1S/C15H17BrN2/c1-11-4-3-5-14(8-11)18(2)10-12-6-7-13(16)9-15(12)17/h3-9H,10,17H2,1-2H3. The fourth-order valence-corrected chi connectivity index (χ4v) is 2.30. The van der Waals surface area contributed by atoms with Gasteiger partial charge in [-0.25, -0.2) is 0 Å². The third kappa shape index (κ3) is 3.05. The molecule has 3 heteroatoms. The number of anilines is 2. The van der Waals surface area contributed by atoms with E-state index < -0.39 is 0 Å². The quantitative estimate of drug-likeness (QED) is 0.869. The Kier molecular flexibility index (Phi) is 3.92. The van der Waals surface area contributed by atoms with Crippen LogP contribution in [0.2, 0.25) is 0 Å². The average Bonchev–Trinajstić information content (AvgIpc) is 2.32. The molecule has 2 rings (SSSR count). The molecule has 0 bridgehead atoms. The van der Waals surface area contributed by atoms with Gasteiger partial charge in [-0.2, -0.15) is 0 Å². The van der Waals surface area contributed by atoms with Crippen LogP contribution in [0.4, 0.5) is 11.4 Å². The molecule has 18 heavy (non-hydrogen) atoms. The minimum absolute atomic E-state index is 0.808. The number of nitrogen functional groups attached to an aromatic ring is 1. The lowest BCUT2D eigenvalue weighted by Gasteiger charge is -2.21. The van der Waals surface area contributed by atoms with Crippen LogP contribution in [-0.2, 0) is 6.54 Å². The fourth-order valence-electron chi connectivity index (χ4n) is 1.92. The van der Waals surface area contributed by atoms with Crippen molar-refractivity contribution in [3.05, 3.63) is 58.1 Å². The van der Waals surface area contributed by atoms with Crippen molar-refractivity contribution in [3.63, 3.8) is 0 Å². The van der Waals surface area contributed by atoms with Gasteiger partial charge in [0.05, 0.1) is 0 Å². The minimum atomic E-state index is 0.808. The molecule has 0 spiro atoms. The van der Waals surface area contributed by atoms with E-state index in [1.54, 1.807) is 0 Å². The van der Waals surface area contributed by atoms with Gasteiger partial charge in [-0.1, -0.05) is 34.1 Å². The summed E-state index contributed by atoms with van der Waals surface area (Å²) in [4.78, 5) is 2.20. The Morgan fingerprint density at radius 2 is 1.94 bits per heavy atom. The van der Waals surface area contributed by atoms with Crippen LogP contribution in [0.5, 0.6) is 0 Å². The number of rotatable bonds is 3. The number of halogens is 1. The van der Waals surface area contributed by atoms with E-state index in [1.165, 1.54) is 11.3 Å². The van der Waals surface area contributed by atoms with Crippen LogP contribution in [-0.4, -0.2) is 7.05 Å². The second-order valence-electron chi connectivity index (χ2n) is 4.54. The predicted octanol–water partition coefficient (Wildman–Crippen LogP) is 3.98. The van der Waals surface area contributed by atoms with Crippen molar-refractivity contribution in [2.45, 2.75) is 13.5 Å². The average molecular weight is 305 g/mol. The Hall–Kier alpha value is -1.48. The van der Waals surface area contributed by atoms with E-state index in [-0.39, 0.29) is 0 Å². The van der Waals surface area contributed by atoms with Crippen LogP contribution in [0.1, 0.15) is 11.1 Å². The molecule has 0 heterocycles. The number of hydrogen-bond donors (Lipinski definition) is 1. The maximum absolute atomic E-state index is 6.02. The van der Waals surface area contributed by atoms with Crippen molar-refractivity contribution in [1.82, 2.24) is 0 Å². The minimum Gasteiger partial charge on any atom is -0.398 e. The number of hydrogen-bond acceptors (Lipinski definition) is 2. The summed E-state index contributed by atoms with van der Waals surface area (Å²) in [5.41, 5.74) is 10.5. The summed E-state index contributed by atoms with van der Waals surface area (Å²) >= 11 is 3.42. The van der Waals surface area contributed by atoms with Crippen LogP contribution in [0, 0.1) is 6.92 Å². The molecule has 0 saturated carbocycles. The largest absolute Gasteiger partial charge is 0.398 e. The molecule has 2 aromatic rings. The SMILES string of the molecule is Cc1cccc(N(C)Cc2ccc(Br)cc2N)c1. The van der Waals surface area contributed by atoms with Gasteiger partial charge in [0.1, 0.15) is 0 Å². The summed E-state index contributed by atoms with van der Waals surface area (Å²) in [7, 11) is 2.08. The zero-order valence-electron chi connectivity index (χ0n) is 10.7. The van der Waals surface area contributed by atoms with E-state index in [1.807, 2.05) is 12.1 Å². The first-order chi connectivity index (χ1) is 8.56. The molecule has 0 fully saturated rings. The molecule has 0 amide bonds. The highest BCUT2D eigenvalue weighted by atomic mass is 79.9. The monoisotopic (exact) mass is 304 g/mol. The third-order valence-electron chi connectivity index (χ3n) is 2.96. The normalized spacial score (nSPS) is 10.4. The third-order valence-corrected chi connectivity index (χ3v) is 3.45. The maximum Gasteiger partial charge on any atom is 0.0446 e. The van der Waals surface area contributed by atoms with E-state index in [4.69, 9.17) is 5.73 Å². The Balaban J connectivity index is 2.18. The van der Waals surface area contributed by atoms with Crippen LogP contribution < -0.4 is 10.6 Å². The fraction of sp³-hybridized carbons (Fsp3) is 0.200. The number of benzene rings is 2. The van der Waals surface area contributed by atoms with E-state index in [9.17, 15) is 0 Å². The molecule has 2 nitrogen and oxygen atoms in total. The highest BCUT2D eigenvalue weighted by Crippen LogP contribution is 2.22. The van der Waals surface area contributed by atoms with Gasteiger partial charge in [-0.3, -0.25) is 0 Å². The molecule has 0 aromatic heterocycles. The lowest BCUT2D eigenvalue weighted by molar-refractivity contribution is 0.924. The number of nitrogens with two attached hydrogens (primary N) is 1. The highest BCUT2D eigenvalue weighted by molar-refractivity contribution is 9.10. The smallest absolute Gasteiger partial charge is 0.0446 e. The second-order valence-corrected chi connectivity index (χ2v) is 5.45. The highest BCUT2D eigenvalue weighted by Gasteiger charge is 2.05. The van der Waals surface area contributed by atoms with E-state index in [2.05, 4.69) is 65.1 Å². The Morgan fingerprint density at radius 1 is 1.17 bits per heavy atom. The van der Waals surface area contributed by atoms with Gasteiger partial charge in [-0.05, 0) is 42.3 Å². The van der Waals surface area contributed by atoms with Gasteiger partial charge in [0, 0.05) is 29.4 Å². The molecule has 0 radical (unpaired) electrons. The summed E-state index contributed by atoms with van der Waals surface area (Å²) in [6.45, 7) is 2.91. The van der Waals surface area contributed by atoms with Gasteiger partial charge in [0.25, 0.3) is 0 Å². The lowest BCUT2D eigenvalue weighted by Crippen LogP contribution is -2.17. The first-order valence-electron chi connectivity index (χ1n) is 5.88. The topological polar surface area (TPSA) is 29.3 Å². The zero-order valence-corrected chi connectivity index (χ0v) is 12.2. The van der Waals surface area contributed by atoms with Crippen molar-refractivity contribution < 1.29 is 0 Å². The Morgan fingerprint density at radius 3 is 2.61 bits per heavy atom. The summed E-state index contributed by atoms with van der Waals surface area (Å²) < 4.78 is 1.02. The lowest BCUT2D eigenvalue weighted by atomic mass is 10.1. The van der Waals surface area contributed by atoms with Crippen molar-refractivity contribution in [2.24, 2.45) is 0 Å². The van der Waals surface area contributed by atoms with E-state index in [0.717, 1.165) is 22.3 Å². The van der Waals surface area contributed by atoms with Gasteiger partial charge < -0.3 is 10.6 Å². The van der Waals surface area contributed by atoms with Gasteiger partial charge >= 0.3 is 0 Å². The number of aryl methyl sites for hydroxylation is 1. The van der Waals surface area contributed by atoms with Crippen LogP contribution in [0.25, 0.3) is 0 Å². The predicted molar refractivity (Wildman–Crippen MR) is 81.8 cm³/mol. The molecule has 0 atom stereocenters. The molecule has 0 unspecified atom stereocenters. The van der Waals surface area contributed by atoms with Gasteiger partial charge in [0.2, 0.25) is 0 Å². The molecule has 0 aliphatic carbocycles. The molecule has 0 aliphatic rings. The van der Waals surface area contributed by atoms with Crippen LogP contribution in [0.3, 0.4) is 0 Å². The molecule has 2 aromatic carbocycles. The van der Waals surface area contributed by atoms with E-state index >= 15 is 0 Å². The van der Waals surface area contributed by atoms with Crippen molar-refractivity contribution in [1.29, 1.82) is 0 Å². The molecule has 2 N–H and O–H groups in total. The summed E-state index contributed by atoms with van der Waals surface area (Å²) in [6.07, 6.45) is 0. The molecule has 0 aliphatic heterocycles. The van der Waals surface area contributed by atoms with Crippen molar-refractivity contribution in [3.8, 4) is 0 Å². The van der Waals surface area contributed by atoms with E-state index in [0.29, 0.717) is 0 Å². The van der Waals surface area contributed by atoms with Crippen LogP contribution in [0.15, 0.2) is 46.9 Å². The molecular weight excluding hydrogens is 288 g/mol. The molecule has 0 saturated heterocycles. The summed E-state index contributed by atoms with van der Waals surface area (Å²) in [5.74, 6) is 0. The number of nitrogens with zero attached hydrogens (tertiary/aromatic N) is 1. The first-order valence-corrected chi connectivity index (χ1v) is 6.67. The van der Waals surface area contributed by atoms with Crippen LogP contribution >= 0.6 is 15.9 Å². The van der Waals surface area contributed by atoms with Gasteiger partial charge in [0.15, 0.2) is 0 Å². The zero-order chi connectivity index (χ0) is 13.1. The van der Waals surface area contributed by atoms with Crippen molar-refractivity contribution >= 4 is 27.3 Å². The molecular formula is C15H17BrN2. The van der Waals surface area contributed by atoms with Crippen molar-refractivity contribution in [2.75, 3.05) is 17.7 Å². The molecule has 94 valence electrons. The second kappa shape index (κ2) is 5.44. The first kappa shape index (κ1) is 13.0. The maximum atomic E-state index is 6.02. The Bertz CT molecular complexity index is 552. The Labute approximate surface area is 117 Å². The summed E-state index contributed by atoms with van der Waals surface area (Å²) in [6, 6.07) is 14.5. The van der Waals surface area contributed by atoms with Gasteiger partial charge in [-0.15, -0.1) is 0 Å².